The average molecular weight is 337 g/mol. The molecule has 0 bridgehead atoms. The highest BCUT2D eigenvalue weighted by molar-refractivity contribution is 6.37. The van der Waals surface area contributed by atoms with E-state index in [0.29, 0.717) is 10.0 Å². The summed E-state index contributed by atoms with van der Waals surface area (Å²) < 4.78 is 0. The van der Waals surface area contributed by atoms with Gasteiger partial charge in [0.05, 0.1) is 5.52 Å². The van der Waals surface area contributed by atoms with Crippen LogP contribution in [0.4, 0.5) is 0 Å². The highest BCUT2D eigenvalue weighted by atomic mass is 35.5. The Kier molecular flexibility index (Phi) is 5.24. The molecule has 0 atom stereocenters. The van der Waals surface area contributed by atoms with Crippen LogP contribution in [0.25, 0.3) is 23.1 Å². The summed E-state index contributed by atoms with van der Waals surface area (Å²) >= 11 is 12.3. The molecule has 3 aromatic rings. The van der Waals surface area contributed by atoms with Gasteiger partial charge in [-0.05, 0) is 29.8 Å². The van der Waals surface area contributed by atoms with Crippen molar-refractivity contribution >= 4 is 58.7 Å². The standard InChI is InChI=1S/C17H11Cl2N.ClH/c18-15-5-3-6-16(19)14(15)9-8-12-10-11-20-17-7-2-1-4-13(12)17;/h1-11H;1H/b9-8-;. The van der Waals surface area contributed by atoms with Crippen molar-refractivity contribution in [3.8, 4) is 0 Å². The maximum absolute atomic E-state index is 6.17. The molecule has 0 saturated heterocycles. The molecular weight excluding hydrogens is 325 g/mol. The van der Waals surface area contributed by atoms with Crippen molar-refractivity contribution in [2.24, 2.45) is 0 Å². The molecule has 2 aromatic carbocycles. The molecule has 1 nitrogen and oxygen atoms in total. The van der Waals surface area contributed by atoms with Gasteiger partial charge in [0.15, 0.2) is 0 Å². The monoisotopic (exact) mass is 335 g/mol. The highest BCUT2D eigenvalue weighted by Crippen LogP contribution is 2.27. The first kappa shape index (κ1) is 15.8. The van der Waals surface area contributed by atoms with Crippen LogP contribution < -0.4 is 0 Å². The lowest BCUT2D eigenvalue weighted by Gasteiger charge is -2.03. The molecule has 1 aromatic heterocycles. The van der Waals surface area contributed by atoms with E-state index in [0.717, 1.165) is 22.0 Å². The summed E-state index contributed by atoms with van der Waals surface area (Å²) in [5.74, 6) is 0. The molecule has 0 spiro atoms. The Morgan fingerprint density at radius 3 is 2.29 bits per heavy atom. The van der Waals surface area contributed by atoms with Gasteiger partial charge in [-0.3, -0.25) is 4.98 Å². The predicted molar refractivity (Wildman–Crippen MR) is 94.4 cm³/mol. The van der Waals surface area contributed by atoms with E-state index in [1.165, 1.54) is 0 Å². The predicted octanol–water partition coefficient (Wildman–Crippen LogP) is 6.13. The van der Waals surface area contributed by atoms with Gasteiger partial charge >= 0.3 is 0 Å². The van der Waals surface area contributed by atoms with Crippen LogP contribution in [-0.4, -0.2) is 4.98 Å². The number of nitrogens with zero attached hydrogens (tertiary/aromatic N) is 1. The highest BCUT2D eigenvalue weighted by Gasteiger charge is 2.02. The first-order valence-electron chi connectivity index (χ1n) is 6.21. The van der Waals surface area contributed by atoms with Gasteiger partial charge in [-0.2, -0.15) is 0 Å². The van der Waals surface area contributed by atoms with Crippen molar-refractivity contribution in [2.75, 3.05) is 0 Å². The quantitative estimate of drug-likeness (QED) is 0.548. The number of rotatable bonds is 2. The Morgan fingerprint density at radius 1 is 0.810 bits per heavy atom. The summed E-state index contributed by atoms with van der Waals surface area (Å²) in [6, 6.07) is 15.5. The van der Waals surface area contributed by atoms with E-state index in [-0.39, 0.29) is 12.4 Å². The maximum Gasteiger partial charge on any atom is 0.0707 e. The zero-order chi connectivity index (χ0) is 13.9. The number of pyridine rings is 1. The summed E-state index contributed by atoms with van der Waals surface area (Å²) in [6.07, 6.45) is 5.75. The van der Waals surface area contributed by atoms with Gasteiger partial charge in [0.2, 0.25) is 0 Å². The van der Waals surface area contributed by atoms with Crippen molar-refractivity contribution in [3.63, 3.8) is 0 Å². The number of aromatic nitrogens is 1. The first-order chi connectivity index (χ1) is 9.75. The number of para-hydroxylation sites is 1. The molecule has 0 N–H and O–H groups in total. The molecule has 1 heterocycles. The lowest BCUT2D eigenvalue weighted by molar-refractivity contribution is 1.41. The minimum absolute atomic E-state index is 0. The zero-order valence-electron chi connectivity index (χ0n) is 11.0. The third-order valence-corrected chi connectivity index (χ3v) is 3.77. The Hall–Kier alpha value is -1.54. The molecule has 4 heteroatoms. The van der Waals surface area contributed by atoms with E-state index < -0.39 is 0 Å². The molecule has 0 fully saturated rings. The van der Waals surface area contributed by atoms with Crippen molar-refractivity contribution in [3.05, 3.63) is 75.9 Å². The zero-order valence-corrected chi connectivity index (χ0v) is 13.3. The third-order valence-electron chi connectivity index (χ3n) is 3.11. The minimum atomic E-state index is 0. The van der Waals surface area contributed by atoms with Crippen LogP contribution >= 0.6 is 35.6 Å². The van der Waals surface area contributed by atoms with Gasteiger partial charge in [0.1, 0.15) is 0 Å². The van der Waals surface area contributed by atoms with E-state index in [4.69, 9.17) is 23.2 Å². The summed E-state index contributed by atoms with van der Waals surface area (Å²) in [5.41, 5.74) is 2.89. The second kappa shape index (κ2) is 6.95. The molecule has 0 amide bonds. The van der Waals surface area contributed by atoms with Crippen LogP contribution in [0.15, 0.2) is 54.7 Å². The van der Waals surface area contributed by atoms with Crippen LogP contribution in [0.3, 0.4) is 0 Å². The number of halogens is 3. The fraction of sp³-hybridized carbons (Fsp3) is 0. The second-order valence-corrected chi connectivity index (χ2v) is 5.20. The Balaban J connectivity index is 0.00000161. The van der Waals surface area contributed by atoms with Gasteiger partial charge in [-0.25, -0.2) is 0 Å². The maximum atomic E-state index is 6.17. The van der Waals surface area contributed by atoms with Crippen LogP contribution in [0.2, 0.25) is 10.0 Å². The summed E-state index contributed by atoms with van der Waals surface area (Å²) in [5, 5.41) is 2.40. The average Bonchev–Trinajstić information content (AvgIpc) is 2.47. The molecule has 0 unspecified atom stereocenters. The molecule has 0 aliphatic rings. The van der Waals surface area contributed by atoms with Crippen molar-refractivity contribution in [1.29, 1.82) is 0 Å². The van der Waals surface area contributed by atoms with Crippen LogP contribution in [-0.2, 0) is 0 Å². The Labute approximate surface area is 139 Å². The van der Waals surface area contributed by atoms with Crippen molar-refractivity contribution in [2.45, 2.75) is 0 Å². The second-order valence-electron chi connectivity index (χ2n) is 4.39. The number of hydrogen-bond acceptors (Lipinski definition) is 1. The fourth-order valence-electron chi connectivity index (χ4n) is 2.11. The molecule has 3 rings (SSSR count). The van der Waals surface area contributed by atoms with Crippen LogP contribution in [0.5, 0.6) is 0 Å². The van der Waals surface area contributed by atoms with Gasteiger partial charge in [-0.1, -0.05) is 59.6 Å². The summed E-state index contributed by atoms with van der Waals surface area (Å²) in [4.78, 5) is 4.35. The van der Waals surface area contributed by atoms with Gasteiger partial charge in [0, 0.05) is 27.2 Å². The Morgan fingerprint density at radius 2 is 1.52 bits per heavy atom. The van der Waals surface area contributed by atoms with E-state index in [1.807, 2.05) is 54.6 Å². The smallest absolute Gasteiger partial charge is 0.0707 e. The molecule has 0 aliphatic heterocycles. The Bertz CT molecular complexity index is 771. The van der Waals surface area contributed by atoms with Gasteiger partial charge < -0.3 is 0 Å². The SMILES string of the molecule is Cl.Clc1cccc(Cl)c1/C=C\c1ccnc2ccccc12. The molecule has 21 heavy (non-hydrogen) atoms. The summed E-state index contributed by atoms with van der Waals surface area (Å²) in [7, 11) is 0. The molecule has 106 valence electrons. The number of hydrogen-bond donors (Lipinski definition) is 0. The molecule has 0 aliphatic carbocycles. The molecule has 0 radical (unpaired) electrons. The minimum Gasteiger partial charge on any atom is -0.256 e. The van der Waals surface area contributed by atoms with Crippen LogP contribution in [0, 0.1) is 0 Å². The van der Waals surface area contributed by atoms with Crippen LogP contribution in [0.1, 0.15) is 11.1 Å². The lowest BCUT2D eigenvalue weighted by atomic mass is 10.1. The third kappa shape index (κ3) is 3.38. The molecule has 0 saturated carbocycles. The van der Waals surface area contributed by atoms with E-state index in [2.05, 4.69) is 11.1 Å². The van der Waals surface area contributed by atoms with Crippen molar-refractivity contribution in [1.82, 2.24) is 4.98 Å². The van der Waals surface area contributed by atoms with Crippen molar-refractivity contribution < 1.29 is 0 Å². The van der Waals surface area contributed by atoms with E-state index in [1.54, 1.807) is 6.20 Å². The number of benzene rings is 2. The first-order valence-corrected chi connectivity index (χ1v) is 6.97. The number of fused-ring (bicyclic) bond motifs is 1. The largest absolute Gasteiger partial charge is 0.256 e. The van der Waals surface area contributed by atoms with E-state index in [9.17, 15) is 0 Å². The lowest BCUT2D eigenvalue weighted by Crippen LogP contribution is -1.82. The topological polar surface area (TPSA) is 12.9 Å². The fourth-order valence-corrected chi connectivity index (χ4v) is 2.63. The van der Waals surface area contributed by atoms with Gasteiger partial charge in [-0.15, -0.1) is 12.4 Å². The molecular formula is C17H12Cl3N. The van der Waals surface area contributed by atoms with Gasteiger partial charge in [0.25, 0.3) is 0 Å². The normalized spacial score (nSPS) is 10.8. The van der Waals surface area contributed by atoms with E-state index >= 15 is 0 Å². The summed E-state index contributed by atoms with van der Waals surface area (Å²) in [6.45, 7) is 0.